The monoisotopic (exact) mass is 401 g/mol. The van der Waals surface area contributed by atoms with Crippen molar-refractivity contribution in [1.82, 2.24) is 10.3 Å². The van der Waals surface area contributed by atoms with Crippen LogP contribution < -0.4 is 5.43 Å². The van der Waals surface area contributed by atoms with E-state index < -0.39 is 39.1 Å². The molecule has 1 fully saturated rings. The van der Waals surface area contributed by atoms with Gasteiger partial charge in [0.2, 0.25) is 0 Å². The zero-order chi connectivity index (χ0) is 21.0. The maximum Gasteiger partial charge on any atom is 0.277 e. The fraction of sp³-hybridized carbons (Fsp3) is 0.235. The quantitative estimate of drug-likeness (QED) is 0.439. The smallest absolute Gasteiger partial charge is 0.277 e. The highest BCUT2D eigenvalue weighted by Crippen LogP contribution is 2.26. The molecule has 29 heavy (non-hydrogen) atoms. The maximum atomic E-state index is 12.8. The van der Waals surface area contributed by atoms with Crippen LogP contribution in [0.1, 0.15) is 29.0 Å². The lowest BCUT2D eigenvalue weighted by molar-refractivity contribution is -0.394. The molecular formula is C17H15N5O7. The number of nitrogens with zero attached hydrogens (tertiary/aromatic N) is 4. The van der Waals surface area contributed by atoms with Crippen LogP contribution in [-0.2, 0) is 4.79 Å². The average Bonchev–Trinajstić information content (AvgIpc) is 3.38. The van der Waals surface area contributed by atoms with Gasteiger partial charge in [-0.15, -0.1) is 0 Å². The summed E-state index contributed by atoms with van der Waals surface area (Å²) in [6.07, 6.45) is 3.63. The number of nitro benzene ring substituents is 2. The SMILES string of the molecule is O=C(NN=Cc1ccco1)[C@@H]1CCCN1C(=O)c1cc([N+](=O)[O-])cc([N+](=O)[O-])c1. The molecule has 1 aromatic carbocycles. The largest absolute Gasteiger partial charge is 0.463 e. The lowest BCUT2D eigenvalue weighted by Crippen LogP contribution is -2.44. The first-order valence-corrected chi connectivity index (χ1v) is 8.48. The van der Waals surface area contributed by atoms with Gasteiger partial charge in [-0.3, -0.25) is 29.8 Å². The van der Waals surface area contributed by atoms with Crippen LogP contribution in [0.15, 0.2) is 46.1 Å². The van der Waals surface area contributed by atoms with Crippen molar-refractivity contribution in [3.63, 3.8) is 0 Å². The lowest BCUT2D eigenvalue weighted by atomic mass is 10.1. The molecule has 12 heteroatoms. The van der Waals surface area contributed by atoms with Gasteiger partial charge in [0.05, 0.1) is 34.0 Å². The van der Waals surface area contributed by atoms with E-state index in [1.165, 1.54) is 17.4 Å². The highest BCUT2D eigenvalue weighted by Gasteiger charge is 2.35. The molecule has 0 saturated carbocycles. The molecular weight excluding hydrogens is 386 g/mol. The van der Waals surface area contributed by atoms with Crippen LogP contribution in [0, 0.1) is 20.2 Å². The van der Waals surface area contributed by atoms with Crippen LogP contribution in [0.3, 0.4) is 0 Å². The number of carbonyl (C=O) groups excluding carboxylic acids is 2. The molecule has 1 aliphatic heterocycles. The Kier molecular flexibility index (Phi) is 5.62. The standard InChI is InChI=1S/C17H15N5O7/c23-16(19-18-10-14-3-2-6-29-14)15-4-1-5-20(15)17(24)11-7-12(21(25)26)9-13(8-11)22(27)28/h2-3,6-10,15H,1,4-5H2,(H,19,23)/t15-/m0/s1. The number of hydrogen-bond donors (Lipinski definition) is 1. The highest BCUT2D eigenvalue weighted by molar-refractivity contribution is 5.99. The number of benzene rings is 1. The number of rotatable bonds is 6. The van der Waals surface area contributed by atoms with Crippen LogP contribution in [0.5, 0.6) is 0 Å². The van der Waals surface area contributed by atoms with Crippen molar-refractivity contribution < 1.29 is 23.9 Å². The summed E-state index contributed by atoms with van der Waals surface area (Å²) in [6.45, 7) is 0.231. The second-order valence-electron chi connectivity index (χ2n) is 6.16. The van der Waals surface area contributed by atoms with Crippen LogP contribution >= 0.6 is 0 Å². The van der Waals surface area contributed by atoms with E-state index in [0.717, 1.165) is 18.2 Å². The third kappa shape index (κ3) is 4.43. The molecule has 0 unspecified atom stereocenters. The summed E-state index contributed by atoms with van der Waals surface area (Å²) in [4.78, 5) is 46.9. The van der Waals surface area contributed by atoms with Gasteiger partial charge >= 0.3 is 0 Å². The fourth-order valence-electron chi connectivity index (χ4n) is 2.98. The number of likely N-dealkylation sites (tertiary alicyclic amines) is 1. The van der Waals surface area contributed by atoms with Gasteiger partial charge in [0.15, 0.2) is 0 Å². The first-order chi connectivity index (χ1) is 13.9. The number of nitrogens with one attached hydrogen (secondary N) is 1. The molecule has 3 rings (SSSR count). The predicted molar refractivity (Wildman–Crippen MR) is 98.3 cm³/mol. The van der Waals surface area contributed by atoms with E-state index in [-0.39, 0.29) is 12.1 Å². The Morgan fingerprint density at radius 2 is 1.90 bits per heavy atom. The summed E-state index contributed by atoms with van der Waals surface area (Å²) in [5.74, 6) is -0.823. The zero-order valence-electron chi connectivity index (χ0n) is 14.9. The number of hydrazone groups is 1. The van der Waals surface area contributed by atoms with Gasteiger partial charge in [-0.1, -0.05) is 0 Å². The summed E-state index contributed by atoms with van der Waals surface area (Å²) in [7, 11) is 0. The molecule has 1 aliphatic rings. The van der Waals surface area contributed by atoms with Crippen molar-refractivity contribution in [2.24, 2.45) is 5.10 Å². The molecule has 2 aromatic rings. The minimum Gasteiger partial charge on any atom is -0.463 e. The normalized spacial score (nSPS) is 16.1. The summed E-state index contributed by atoms with van der Waals surface area (Å²) in [5.41, 5.74) is 0.931. The minimum atomic E-state index is -0.852. The molecule has 0 spiro atoms. The van der Waals surface area contributed by atoms with E-state index in [0.29, 0.717) is 18.6 Å². The Morgan fingerprint density at radius 1 is 1.21 bits per heavy atom. The van der Waals surface area contributed by atoms with E-state index in [2.05, 4.69) is 10.5 Å². The molecule has 0 radical (unpaired) electrons. The third-order valence-corrected chi connectivity index (χ3v) is 4.30. The topological polar surface area (TPSA) is 161 Å². The minimum absolute atomic E-state index is 0.231. The number of non-ortho nitro benzene ring substituents is 2. The second-order valence-corrected chi connectivity index (χ2v) is 6.16. The maximum absolute atomic E-state index is 12.8. The first kappa shape index (κ1) is 19.7. The average molecular weight is 401 g/mol. The second kappa shape index (κ2) is 8.29. The van der Waals surface area contributed by atoms with Crippen molar-refractivity contribution in [2.75, 3.05) is 6.54 Å². The van der Waals surface area contributed by atoms with Crippen LogP contribution in [-0.4, -0.2) is 45.4 Å². The highest BCUT2D eigenvalue weighted by atomic mass is 16.6. The van der Waals surface area contributed by atoms with Gasteiger partial charge in [-0.05, 0) is 25.0 Å². The van der Waals surface area contributed by atoms with Crippen LogP contribution in [0.2, 0.25) is 0 Å². The van der Waals surface area contributed by atoms with Crippen molar-refractivity contribution in [2.45, 2.75) is 18.9 Å². The van der Waals surface area contributed by atoms with E-state index >= 15 is 0 Å². The molecule has 2 heterocycles. The Labute approximate surface area is 163 Å². The summed E-state index contributed by atoms with van der Waals surface area (Å²) < 4.78 is 5.04. The van der Waals surface area contributed by atoms with Gasteiger partial charge in [-0.2, -0.15) is 5.10 Å². The molecule has 1 aromatic heterocycles. The van der Waals surface area contributed by atoms with Crippen LogP contribution in [0.4, 0.5) is 11.4 Å². The fourth-order valence-corrected chi connectivity index (χ4v) is 2.98. The van der Waals surface area contributed by atoms with Crippen molar-refractivity contribution in [3.8, 4) is 0 Å². The molecule has 0 aliphatic carbocycles. The van der Waals surface area contributed by atoms with Crippen molar-refractivity contribution in [3.05, 3.63) is 68.1 Å². The van der Waals surface area contributed by atoms with Gasteiger partial charge in [0, 0.05) is 18.7 Å². The Balaban J connectivity index is 1.78. The van der Waals surface area contributed by atoms with Crippen LogP contribution in [0.25, 0.3) is 0 Å². The third-order valence-electron chi connectivity index (χ3n) is 4.30. The Hall–Kier alpha value is -4.09. The van der Waals surface area contributed by atoms with E-state index in [4.69, 9.17) is 4.42 Å². The van der Waals surface area contributed by atoms with Crippen molar-refractivity contribution >= 4 is 29.4 Å². The number of furan rings is 1. The van der Waals surface area contributed by atoms with Gasteiger partial charge in [0.1, 0.15) is 11.8 Å². The van der Waals surface area contributed by atoms with Gasteiger partial charge < -0.3 is 9.32 Å². The number of nitro groups is 2. The summed E-state index contributed by atoms with van der Waals surface area (Å²) in [5, 5.41) is 25.8. The molecule has 1 saturated heterocycles. The van der Waals surface area contributed by atoms with E-state index in [9.17, 15) is 29.8 Å². The summed E-state index contributed by atoms with van der Waals surface area (Å²) in [6, 6.07) is 5.12. The van der Waals surface area contributed by atoms with Gasteiger partial charge in [0.25, 0.3) is 23.2 Å². The molecule has 0 bridgehead atoms. The Morgan fingerprint density at radius 3 is 2.48 bits per heavy atom. The Bertz CT molecular complexity index is 954. The number of amides is 2. The van der Waals surface area contributed by atoms with E-state index in [1.54, 1.807) is 12.1 Å². The van der Waals surface area contributed by atoms with Gasteiger partial charge in [-0.25, -0.2) is 5.43 Å². The molecule has 1 atom stereocenters. The summed E-state index contributed by atoms with van der Waals surface area (Å²) >= 11 is 0. The lowest BCUT2D eigenvalue weighted by Gasteiger charge is -2.23. The van der Waals surface area contributed by atoms with Crippen molar-refractivity contribution in [1.29, 1.82) is 0 Å². The zero-order valence-corrected chi connectivity index (χ0v) is 14.9. The number of carbonyl (C=O) groups is 2. The molecule has 1 N–H and O–H groups in total. The predicted octanol–water partition coefficient (Wildman–Crippen LogP) is 1.85. The number of hydrogen-bond acceptors (Lipinski definition) is 8. The first-order valence-electron chi connectivity index (χ1n) is 8.48. The molecule has 150 valence electrons. The van der Waals surface area contributed by atoms with E-state index in [1.807, 2.05) is 0 Å². The molecule has 12 nitrogen and oxygen atoms in total. The molecule has 2 amide bonds.